The Morgan fingerprint density at radius 1 is 1.04 bits per heavy atom. The SMILES string of the molecule is [CH2][CH][CH2].[NH][C]([C](F)[C]([O])c1ccccc1)C(F)(F)C(F)(F)F.[Pd+2]. The molecular formula is C14H11F6NOPd+2. The summed E-state index contributed by atoms with van der Waals surface area (Å²) in [7, 11) is 0. The van der Waals surface area contributed by atoms with Crippen LogP contribution in [0.25, 0.3) is 0 Å². The van der Waals surface area contributed by atoms with E-state index in [4.69, 9.17) is 5.73 Å². The van der Waals surface area contributed by atoms with Gasteiger partial charge in [-0.05, 0) is 25.8 Å². The Labute approximate surface area is 144 Å². The molecule has 0 bridgehead atoms. The molecule has 128 valence electrons. The molecule has 0 spiro atoms. The molecule has 23 heavy (non-hydrogen) atoms. The summed E-state index contributed by atoms with van der Waals surface area (Å²) in [6, 6.07) is 3.33. The molecule has 0 saturated heterocycles. The molecule has 1 rings (SSSR count). The Hall–Kier alpha value is -0.618. The molecule has 1 aromatic carbocycles. The number of hydrogen-bond acceptors (Lipinski definition) is 0. The van der Waals surface area contributed by atoms with Crippen molar-refractivity contribution in [1.29, 1.82) is 0 Å². The molecule has 0 aromatic heterocycles. The molecule has 0 heterocycles. The summed E-state index contributed by atoms with van der Waals surface area (Å²) in [5, 5.41) is 11.3. The van der Waals surface area contributed by atoms with Gasteiger partial charge in [0.05, 0.1) is 0 Å². The van der Waals surface area contributed by atoms with Crippen LogP contribution >= 0.6 is 0 Å². The quantitative estimate of drug-likeness (QED) is 0.504. The van der Waals surface area contributed by atoms with Gasteiger partial charge >= 0.3 is 32.5 Å². The van der Waals surface area contributed by atoms with Gasteiger partial charge in [0.15, 0.2) is 6.04 Å². The average Bonchev–Trinajstić information content (AvgIpc) is 2.45. The van der Waals surface area contributed by atoms with Crippen LogP contribution in [0.5, 0.6) is 0 Å². The van der Waals surface area contributed by atoms with E-state index in [-0.39, 0.29) is 20.4 Å². The molecule has 0 amide bonds. The van der Waals surface area contributed by atoms with Gasteiger partial charge in [0.2, 0.25) is 12.3 Å². The van der Waals surface area contributed by atoms with Gasteiger partial charge in [0.25, 0.3) is 0 Å². The Kier molecular flexibility index (Phi) is 11.0. The van der Waals surface area contributed by atoms with E-state index in [1.807, 2.05) is 0 Å². The molecule has 0 fully saturated rings. The molecular weight excluding hydrogens is 419 g/mol. The van der Waals surface area contributed by atoms with Crippen molar-refractivity contribution in [2.24, 2.45) is 0 Å². The van der Waals surface area contributed by atoms with E-state index < -0.39 is 36.0 Å². The van der Waals surface area contributed by atoms with E-state index in [1.54, 1.807) is 0 Å². The van der Waals surface area contributed by atoms with E-state index in [9.17, 15) is 31.4 Å². The Bertz CT molecular complexity index is 429. The smallest absolute Gasteiger partial charge is 0.239 e. The topological polar surface area (TPSA) is 43.7 Å². The molecule has 0 saturated carbocycles. The maximum atomic E-state index is 13.3. The van der Waals surface area contributed by atoms with Crippen molar-refractivity contribution in [1.82, 2.24) is 5.73 Å². The fourth-order valence-electron chi connectivity index (χ4n) is 1.11. The first kappa shape index (κ1) is 24.6. The van der Waals surface area contributed by atoms with Gasteiger partial charge in [-0.1, -0.05) is 30.3 Å². The third-order valence-electron chi connectivity index (χ3n) is 2.12. The van der Waals surface area contributed by atoms with Crippen molar-refractivity contribution in [3.05, 3.63) is 74.5 Å². The molecule has 0 atom stereocenters. The fraction of sp³-hybridized carbons (Fsp3) is 0.143. The first-order chi connectivity index (χ1) is 10.0. The summed E-state index contributed by atoms with van der Waals surface area (Å²) in [5.74, 6) is -5.72. The van der Waals surface area contributed by atoms with Crippen LogP contribution in [0.4, 0.5) is 26.3 Å². The summed E-state index contributed by atoms with van der Waals surface area (Å²) in [6.07, 6.45) is -8.78. The van der Waals surface area contributed by atoms with Gasteiger partial charge in [-0.25, -0.2) is 15.2 Å². The van der Waals surface area contributed by atoms with Gasteiger partial charge in [0.1, 0.15) is 0 Å². The van der Waals surface area contributed by atoms with Crippen molar-refractivity contribution < 1.29 is 51.9 Å². The molecule has 0 aliphatic rings. The summed E-state index contributed by atoms with van der Waals surface area (Å²) in [4.78, 5) is 0. The predicted octanol–water partition coefficient (Wildman–Crippen LogP) is 4.37. The van der Waals surface area contributed by atoms with Crippen LogP contribution in [0.2, 0.25) is 0 Å². The van der Waals surface area contributed by atoms with Crippen LogP contribution in [0.3, 0.4) is 0 Å². The first-order valence-electron chi connectivity index (χ1n) is 5.57. The van der Waals surface area contributed by atoms with Gasteiger partial charge in [-0.15, -0.1) is 0 Å². The number of alkyl halides is 5. The third kappa shape index (κ3) is 6.80. The second kappa shape index (κ2) is 10.3. The first-order valence-corrected chi connectivity index (χ1v) is 5.57. The zero-order valence-electron chi connectivity index (χ0n) is 11.4. The van der Waals surface area contributed by atoms with Crippen molar-refractivity contribution in [2.45, 2.75) is 12.1 Å². The van der Waals surface area contributed by atoms with Crippen LogP contribution in [-0.2, 0) is 25.5 Å². The van der Waals surface area contributed by atoms with Gasteiger partial charge in [-0.3, -0.25) is 0 Å². The normalized spacial score (nSPS) is 12.0. The Morgan fingerprint density at radius 2 is 1.43 bits per heavy atom. The van der Waals surface area contributed by atoms with Crippen molar-refractivity contribution in [3.8, 4) is 0 Å². The number of nitrogens with one attached hydrogen (secondary N) is 1. The Morgan fingerprint density at radius 3 is 1.78 bits per heavy atom. The fourth-order valence-corrected chi connectivity index (χ4v) is 1.11. The minimum Gasteiger partial charge on any atom is -0.239 e. The number of benzene rings is 1. The van der Waals surface area contributed by atoms with Crippen LogP contribution in [0.15, 0.2) is 30.3 Å². The summed E-state index contributed by atoms with van der Waals surface area (Å²) in [5.41, 5.74) is 6.10. The second-order valence-electron chi connectivity index (χ2n) is 3.74. The summed E-state index contributed by atoms with van der Waals surface area (Å²) < 4.78 is 74.4. The van der Waals surface area contributed by atoms with Crippen LogP contribution in [0.1, 0.15) is 5.56 Å². The molecule has 0 unspecified atom stereocenters. The van der Waals surface area contributed by atoms with E-state index in [0.717, 1.165) is 12.1 Å². The zero-order valence-corrected chi connectivity index (χ0v) is 12.9. The molecule has 8 radical (unpaired) electrons. The van der Waals surface area contributed by atoms with Crippen LogP contribution in [-0.4, -0.2) is 12.1 Å². The van der Waals surface area contributed by atoms with Gasteiger partial charge in [-0.2, -0.15) is 22.0 Å². The number of halogens is 6. The van der Waals surface area contributed by atoms with E-state index in [1.165, 1.54) is 24.6 Å². The second-order valence-corrected chi connectivity index (χ2v) is 3.74. The molecule has 0 aliphatic heterocycles. The van der Waals surface area contributed by atoms with Crippen molar-refractivity contribution in [2.75, 3.05) is 0 Å². The number of hydrogen-bond donors (Lipinski definition) is 0. The molecule has 1 N–H and O–H groups in total. The van der Waals surface area contributed by atoms with Crippen molar-refractivity contribution >= 4 is 0 Å². The maximum Gasteiger partial charge on any atom is 2.00 e. The minimum absolute atomic E-state index is 0. The van der Waals surface area contributed by atoms with Gasteiger partial charge in [0, 0.05) is 0 Å². The monoisotopic (exact) mass is 429 g/mol. The van der Waals surface area contributed by atoms with Crippen LogP contribution in [0, 0.1) is 38.6 Å². The largest absolute Gasteiger partial charge is 2.00 e. The average molecular weight is 430 g/mol. The number of rotatable bonds is 4. The van der Waals surface area contributed by atoms with E-state index >= 15 is 0 Å². The summed E-state index contributed by atoms with van der Waals surface area (Å²) >= 11 is 0. The van der Waals surface area contributed by atoms with Crippen molar-refractivity contribution in [3.63, 3.8) is 0 Å². The molecule has 1 aromatic rings. The van der Waals surface area contributed by atoms with E-state index in [2.05, 4.69) is 13.8 Å². The van der Waals surface area contributed by atoms with Gasteiger partial charge < -0.3 is 0 Å². The maximum absolute atomic E-state index is 13.3. The van der Waals surface area contributed by atoms with Crippen LogP contribution < -0.4 is 5.73 Å². The third-order valence-corrected chi connectivity index (χ3v) is 2.12. The molecule has 2 nitrogen and oxygen atoms in total. The molecule has 0 aliphatic carbocycles. The molecule has 9 heteroatoms. The standard InChI is InChI=1S/C11H6F6NO.C3H5.Pd/c12-7(8(19)6-4-2-1-3-5-6)9(18)10(13,14)11(15,16)17;1-3-2;/h1-5,18H;3H,1-2H2;/q;;+2. The zero-order chi connectivity index (χ0) is 17.6. The minimum atomic E-state index is -6.14. The Balaban J connectivity index is 0. The van der Waals surface area contributed by atoms with E-state index in [0.29, 0.717) is 0 Å². The predicted molar refractivity (Wildman–Crippen MR) is 66.2 cm³/mol. The summed E-state index contributed by atoms with van der Waals surface area (Å²) in [6.45, 7) is 6.50.